The smallest absolute Gasteiger partial charge is 0.251 e. The van der Waals surface area contributed by atoms with E-state index < -0.39 is 0 Å². The molecule has 1 N–H and O–H groups in total. The van der Waals surface area contributed by atoms with Gasteiger partial charge < -0.3 is 9.88 Å². The molecule has 0 saturated heterocycles. The fraction of sp³-hybridized carbons (Fsp3) is 0.538. The second-order valence-corrected chi connectivity index (χ2v) is 5.46. The Labute approximate surface area is 101 Å². The predicted octanol–water partition coefficient (Wildman–Crippen LogP) is 1.16. The van der Waals surface area contributed by atoms with E-state index in [4.69, 9.17) is 0 Å². The van der Waals surface area contributed by atoms with Gasteiger partial charge in [0, 0.05) is 31.4 Å². The van der Waals surface area contributed by atoms with Gasteiger partial charge in [-0.1, -0.05) is 13.8 Å². The zero-order chi connectivity index (χ0) is 12.6. The third-order valence-electron chi connectivity index (χ3n) is 3.59. The van der Waals surface area contributed by atoms with E-state index in [2.05, 4.69) is 19.2 Å². The molecular formula is C13H18N2O2. The van der Waals surface area contributed by atoms with Crippen LogP contribution in [0.15, 0.2) is 23.1 Å². The third kappa shape index (κ3) is 2.57. The van der Waals surface area contributed by atoms with E-state index in [1.54, 1.807) is 19.3 Å². The normalized spacial score (nSPS) is 21.0. The Bertz CT molecular complexity index is 502. The highest BCUT2D eigenvalue weighted by molar-refractivity contribution is 5.93. The first-order chi connectivity index (χ1) is 7.90. The van der Waals surface area contributed by atoms with Crippen LogP contribution in [0.1, 0.15) is 30.6 Å². The van der Waals surface area contributed by atoms with E-state index in [0.29, 0.717) is 23.4 Å². The van der Waals surface area contributed by atoms with Gasteiger partial charge in [0.15, 0.2) is 0 Å². The van der Waals surface area contributed by atoms with Crippen molar-refractivity contribution in [3.63, 3.8) is 0 Å². The highest BCUT2D eigenvalue weighted by atomic mass is 16.2. The van der Waals surface area contributed by atoms with Crippen LogP contribution in [0.3, 0.4) is 0 Å². The molecule has 1 saturated carbocycles. The molecule has 0 radical (unpaired) electrons. The lowest BCUT2D eigenvalue weighted by Crippen LogP contribution is -2.28. The van der Waals surface area contributed by atoms with E-state index in [1.807, 2.05) is 0 Å². The summed E-state index contributed by atoms with van der Waals surface area (Å²) in [6.45, 7) is 5.09. The Balaban J connectivity index is 1.96. The maximum Gasteiger partial charge on any atom is 0.251 e. The minimum atomic E-state index is -0.163. The summed E-state index contributed by atoms with van der Waals surface area (Å²) >= 11 is 0. The Kier molecular flexibility index (Phi) is 2.81. The first-order valence-corrected chi connectivity index (χ1v) is 5.85. The average molecular weight is 234 g/mol. The van der Waals surface area contributed by atoms with Gasteiger partial charge in [-0.15, -0.1) is 0 Å². The fourth-order valence-corrected chi connectivity index (χ4v) is 1.93. The number of rotatable bonds is 3. The van der Waals surface area contributed by atoms with E-state index in [0.717, 1.165) is 6.42 Å². The molecule has 0 bridgehead atoms. The molecule has 1 amide bonds. The van der Waals surface area contributed by atoms with Crippen molar-refractivity contribution >= 4 is 5.91 Å². The van der Waals surface area contributed by atoms with Gasteiger partial charge in [-0.25, -0.2) is 0 Å². The van der Waals surface area contributed by atoms with Crippen molar-refractivity contribution in [2.75, 3.05) is 6.54 Å². The number of hydrogen-bond donors (Lipinski definition) is 1. The van der Waals surface area contributed by atoms with Crippen LogP contribution < -0.4 is 10.9 Å². The highest BCUT2D eigenvalue weighted by Crippen LogP contribution is 2.50. The molecule has 1 atom stereocenters. The number of aromatic nitrogens is 1. The van der Waals surface area contributed by atoms with Crippen LogP contribution in [0.5, 0.6) is 0 Å². The molecule has 1 aliphatic carbocycles. The number of nitrogens with zero attached hydrogens (tertiary/aromatic N) is 1. The average Bonchev–Trinajstić information content (AvgIpc) is 2.87. The number of carbonyl (C=O) groups excluding carboxylic acids is 1. The second-order valence-electron chi connectivity index (χ2n) is 5.46. The largest absolute Gasteiger partial charge is 0.352 e. The van der Waals surface area contributed by atoms with Crippen LogP contribution in [-0.2, 0) is 7.05 Å². The van der Waals surface area contributed by atoms with Crippen LogP contribution in [0.2, 0.25) is 0 Å². The summed E-state index contributed by atoms with van der Waals surface area (Å²) < 4.78 is 1.45. The molecule has 0 spiro atoms. The highest BCUT2D eigenvalue weighted by Gasteiger charge is 2.45. The molecule has 1 fully saturated rings. The Morgan fingerprint density at radius 1 is 1.59 bits per heavy atom. The van der Waals surface area contributed by atoms with Crippen molar-refractivity contribution in [1.29, 1.82) is 0 Å². The van der Waals surface area contributed by atoms with Crippen LogP contribution in [0.25, 0.3) is 0 Å². The van der Waals surface area contributed by atoms with Crippen molar-refractivity contribution < 1.29 is 4.79 Å². The van der Waals surface area contributed by atoms with Crippen LogP contribution in [0.4, 0.5) is 0 Å². The summed E-state index contributed by atoms with van der Waals surface area (Å²) in [6.07, 6.45) is 2.77. The summed E-state index contributed by atoms with van der Waals surface area (Å²) in [5, 5.41) is 2.88. The SMILES string of the molecule is Cn1ccc(C(=O)NCC2CC2(C)C)cc1=O. The van der Waals surface area contributed by atoms with Gasteiger partial charge in [-0.3, -0.25) is 9.59 Å². The van der Waals surface area contributed by atoms with Crippen molar-refractivity contribution in [3.8, 4) is 0 Å². The van der Waals surface area contributed by atoms with Crippen molar-refractivity contribution in [2.45, 2.75) is 20.3 Å². The number of pyridine rings is 1. The van der Waals surface area contributed by atoms with E-state index >= 15 is 0 Å². The minimum absolute atomic E-state index is 0.162. The number of amides is 1. The predicted molar refractivity (Wildman–Crippen MR) is 65.9 cm³/mol. The summed E-state index contributed by atoms with van der Waals surface area (Å²) in [6, 6.07) is 3.03. The topological polar surface area (TPSA) is 51.1 Å². The molecule has 1 unspecified atom stereocenters. The minimum Gasteiger partial charge on any atom is -0.352 e. The molecule has 4 heteroatoms. The molecule has 1 aromatic heterocycles. The summed E-state index contributed by atoms with van der Waals surface area (Å²) in [4.78, 5) is 23.2. The van der Waals surface area contributed by atoms with E-state index in [-0.39, 0.29) is 11.5 Å². The van der Waals surface area contributed by atoms with Gasteiger partial charge >= 0.3 is 0 Å². The molecule has 1 heterocycles. The van der Waals surface area contributed by atoms with Crippen molar-refractivity contribution in [1.82, 2.24) is 9.88 Å². The summed E-state index contributed by atoms with van der Waals surface area (Å²) in [7, 11) is 1.66. The number of nitrogens with one attached hydrogen (secondary N) is 1. The van der Waals surface area contributed by atoms with Crippen LogP contribution in [-0.4, -0.2) is 17.0 Å². The van der Waals surface area contributed by atoms with Gasteiger partial charge in [0.2, 0.25) is 0 Å². The molecule has 17 heavy (non-hydrogen) atoms. The van der Waals surface area contributed by atoms with Gasteiger partial charge in [0.25, 0.3) is 11.5 Å². The first-order valence-electron chi connectivity index (χ1n) is 5.85. The van der Waals surface area contributed by atoms with E-state index in [1.165, 1.54) is 10.6 Å². The number of carbonyl (C=O) groups is 1. The lowest BCUT2D eigenvalue weighted by molar-refractivity contribution is 0.0950. The Hall–Kier alpha value is -1.58. The maximum atomic E-state index is 11.8. The number of hydrogen-bond acceptors (Lipinski definition) is 2. The van der Waals surface area contributed by atoms with Gasteiger partial charge in [0.1, 0.15) is 0 Å². The molecule has 0 aliphatic heterocycles. The third-order valence-corrected chi connectivity index (χ3v) is 3.59. The molecule has 2 rings (SSSR count). The quantitative estimate of drug-likeness (QED) is 0.853. The standard InChI is InChI=1S/C13H18N2O2/c1-13(2)7-10(13)8-14-12(17)9-4-5-15(3)11(16)6-9/h4-6,10H,7-8H2,1-3H3,(H,14,17). The van der Waals surface area contributed by atoms with Crippen LogP contribution in [0, 0.1) is 11.3 Å². The molecule has 1 aromatic rings. The van der Waals surface area contributed by atoms with Gasteiger partial charge in [0.05, 0.1) is 0 Å². The molecule has 4 nitrogen and oxygen atoms in total. The fourth-order valence-electron chi connectivity index (χ4n) is 1.93. The Morgan fingerprint density at radius 2 is 2.24 bits per heavy atom. The van der Waals surface area contributed by atoms with Gasteiger partial charge in [-0.2, -0.15) is 0 Å². The molecular weight excluding hydrogens is 216 g/mol. The molecule has 92 valence electrons. The van der Waals surface area contributed by atoms with E-state index in [9.17, 15) is 9.59 Å². The van der Waals surface area contributed by atoms with Gasteiger partial charge in [-0.05, 0) is 23.8 Å². The van der Waals surface area contributed by atoms with Crippen LogP contribution >= 0.6 is 0 Å². The summed E-state index contributed by atoms with van der Waals surface area (Å²) in [5.74, 6) is 0.406. The summed E-state index contributed by atoms with van der Waals surface area (Å²) in [5.41, 5.74) is 0.635. The monoisotopic (exact) mass is 234 g/mol. The zero-order valence-corrected chi connectivity index (χ0v) is 10.5. The molecule has 1 aliphatic rings. The van der Waals surface area contributed by atoms with Crippen molar-refractivity contribution in [3.05, 3.63) is 34.2 Å². The maximum absolute atomic E-state index is 11.8. The number of aryl methyl sites for hydroxylation is 1. The zero-order valence-electron chi connectivity index (χ0n) is 10.5. The first kappa shape index (κ1) is 11.9. The second kappa shape index (κ2) is 4.02. The lowest BCUT2D eigenvalue weighted by atomic mass is 10.1. The lowest BCUT2D eigenvalue weighted by Gasteiger charge is -2.06. The molecule has 0 aromatic carbocycles. The Morgan fingerprint density at radius 3 is 2.76 bits per heavy atom. The van der Waals surface area contributed by atoms with Crippen molar-refractivity contribution in [2.24, 2.45) is 18.4 Å².